The highest BCUT2D eigenvalue weighted by atomic mass is 16.4. The lowest BCUT2D eigenvalue weighted by Gasteiger charge is -2.17. The predicted molar refractivity (Wildman–Crippen MR) is 59.5 cm³/mol. The topological polar surface area (TPSA) is 107 Å². The Morgan fingerprint density at radius 2 is 2.11 bits per heavy atom. The van der Waals surface area contributed by atoms with Crippen molar-refractivity contribution in [2.24, 2.45) is 5.92 Å². The summed E-state index contributed by atoms with van der Waals surface area (Å²) in [5.41, 5.74) is 0. The van der Waals surface area contributed by atoms with Gasteiger partial charge in [-0.25, -0.2) is 4.79 Å². The van der Waals surface area contributed by atoms with Crippen LogP contribution in [0.3, 0.4) is 0 Å². The first-order chi connectivity index (χ1) is 8.52. The molecular formula is C11H16N2O5. The monoisotopic (exact) mass is 256 g/mol. The van der Waals surface area contributed by atoms with Crippen molar-refractivity contribution < 1.29 is 24.6 Å². The molecule has 1 heterocycles. The lowest BCUT2D eigenvalue weighted by Crippen LogP contribution is -2.46. The van der Waals surface area contributed by atoms with E-state index in [1.165, 1.54) is 0 Å². The molecule has 18 heavy (non-hydrogen) atoms. The van der Waals surface area contributed by atoms with Gasteiger partial charge in [-0.1, -0.05) is 0 Å². The van der Waals surface area contributed by atoms with E-state index in [9.17, 15) is 14.4 Å². The number of rotatable bonds is 5. The van der Waals surface area contributed by atoms with E-state index in [4.69, 9.17) is 10.2 Å². The summed E-state index contributed by atoms with van der Waals surface area (Å²) < 4.78 is 0. The number of amides is 2. The van der Waals surface area contributed by atoms with Gasteiger partial charge in [-0.3, -0.25) is 9.59 Å². The minimum atomic E-state index is -1.30. The molecule has 7 heteroatoms. The van der Waals surface area contributed by atoms with Gasteiger partial charge in [0.25, 0.3) is 0 Å². The second-order valence-electron chi connectivity index (χ2n) is 4.76. The van der Waals surface area contributed by atoms with E-state index in [0.717, 1.165) is 12.8 Å². The first-order valence-electron chi connectivity index (χ1n) is 5.96. The molecule has 1 saturated carbocycles. The van der Waals surface area contributed by atoms with Crippen molar-refractivity contribution in [2.45, 2.75) is 31.3 Å². The average molecular weight is 256 g/mol. The predicted octanol–water partition coefficient (Wildman–Crippen LogP) is -1.44. The van der Waals surface area contributed by atoms with Crippen LogP contribution >= 0.6 is 0 Å². The standard InChI is InChI=1S/C11H16N2O5/c14-5-8(11(17)18)12-10(16)6-3-9(15)13(4-6)7-1-2-7/h6-8,14H,1-5H2,(H,12,16)(H,17,18). The molecule has 1 aliphatic carbocycles. The van der Waals surface area contributed by atoms with Gasteiger partial charge >= 0.3 is 5.97 Å². The van der Waals surface area contributed by atoms with Gasteiger partial charge < -0.3 is 20.4 Å². The lowest BCUT2D eigenvalue weighted by molar-refractivity contribution is -0.143. The summed E-state index contributed by atoms with van der Waals surface area (Å²) in [7, 11) is 0. The Hall–Kier alpha value is -1.63. The fourth-order valence-electron chi connectivity index (χ4n) is 2.12. The zero-order chi connectivity index (χ0) is 13.3. The van der Waals surface area contributed by atoms with Crippen LogP contribution in [0.4, 0.5) is 0 Å². The van der Waals surface area contributed by atoms with Crippen LogP contribution < -0.4 is 5.32 Å². The average Bonchev–Trinajstić information content (AvgIpc) is 3.08. The number of carboxylic acids is 1. The minimum Gasteiger partial charge on any atom is -0.480 e. The van der Waals surface area contributed by atoms with E-state index in [1.807, 2.05) is 0 Å². The van der Waals surface area contributed by atoms with Gasteiger partial charge in [0.1, 0.15) is 6.04 Å². The zero-order valence-electron chi connectivity index (χ0n) is 9.83. The van der Waals surface area contributed by atoms with E-state index in [1.54, 1.807) is 4.90 Å². The van der Waals surface area contributed by atoms with Crippen LogP contribution in [0.2, 0.25) is 0 Å². The summed E-state index contributed by atoms with van der Waals surface area (Å²) >= 11 is 0. The number of aliphatic carboxylic acids is 1. The fourth-order valence-corrected chi connectivity index (χ4v) is 2.12. The molecule has 0 aromatic heterocycles. The Balaban J connectivity index is 1.90. The number of hydrogen-bond acceptors (Lipinski definition) is 4. The number of likely N-dealkylation sites (tertiary alicyclic amines) is 1. The van der Waals surface area contributed by atoms with Crippen LogP contribution in [-0.2, 0) is 14.4 Å². The molecule has 0 radical (unpaired) electrons. The second-order valence-corrected chi connectivity index (χ2v) is 4.76. The number of aliphatic hydroxyl groups is 1. The smallest absolute Gasteiger partial charge is 0.328 e. The maximum Gasteiger partial charge on any atom is 0.328 e. The lowest BCUT2D eigenvalue weighted by atomic mass is 10.1. The number of carboxylic acid groups (broad SMARTS) is 1. The van der Waals surface area contributed by atoms with E-state index in [-0.39, 0.29) is 18.4 Å². The number of aliphatic hydroxyl groups excluding tert-OH is 1. The highest BCUT2D eigenvalue weighted by Gasteiger charge is 2.42. The zero-order valence-corrected chi connectivity index (χ0v) is 9.83. The number of carbonyl (C=O) groups excluding carboxylic acids is 2. The SMILES string of the molecule is O=C(NC(CO)C(=O)O)C1CC(=O)N(C2CC2)C1. The van der Waals surface area contributed by atoms with E-state index in [2.05, 4.69) is 5.32 Å². The second kappa shape index (κ2) is 4.93. The molecule has 0 spiro atoms. The molecule has 2 rings (SSSR count). The van der Waals surface area contributed by atoms with Crippen LogP contribution in [0.5, 0.6) is 0 Å². The third kappa shape index (κ3) is 2.61. The molecule has 1 saturated heterocycles. The Morgan fingerprint density at radius 1 is 1.44 bits per heavy atom. The van der Waals surface area contributed by atoms with Crippen LogP contribution in [0, 0.1) is 5.92 Å². The third-order valence-corrected chi connectivity index (χ3v) is 3.31. The molecule has 0 aromatic rings. The van der Waals surface area contributed by atoms with Gasteiger partial charge in [-0.2, -0.15) is 0 Å². The van der Waals surface area contributed by atoms with Gasteiger partial charge in [0.2, 0.25) is 11.8 Å². The third-order valence-electron chi connectivity index (χ3n) is 3.31. The highest BCUT2D eigenvalue weighted by molar-refractivity contribution is 5.91. The number of hydrogen-bond donors (Lipinski definition) is 3. The van der Waals surface area contributed by atoms with Gasteiger partial charge in [-0.15, -0.1) is 0 Å². The Labute approximate surface area is 104 Å². The summed E-state index contributed by atoms with van der Waals surface area (Å²) in [5.74, 6) is -2.32. The quantitative estimate of drug-likeness (QED) is 0.558. The number of nitrogens with one attached hydrogen (secondary N) is 1. The van der Waals surface area contributed by atoms with E-state index < -0.39 is 30.4 Å². The van der Waals surface area contributed by atoms with E-state index >= 15 is 0 Å². The molecule has 2 fully saturated rings. The maximum absolute atomic E-state index is 11.8. The van der Waals surface area contributed by atoms with Crippen LogP contribution in [0.1, 0.15) is 19.3 Å². The van der Waals surface area contributed by atoms with E-state index in [0.29, 0.717) is 6.54 Å². The summed E-state index contributed by atoms with van der Waals surface area (Å²) in [6.45, 7) is -0.304. The van der Waals surface area contributed by atoms with Gasteiger partial charge in [-0.05, 0) is 12.8 Å². The largest absolute Gasteiger partial charge is 0.480 e. The van der Waals surface area contributed by atoms with Crippen molar-refractivity contribution in [1.82, 2.24) is 10.2 Å². The normalized spacial score (nSPS) is 25.1. The first kappa shape index (κ1) is 12.8. The van der Waals surface area contributed by atoms with Crippen molar-refractivity contribution in [1.29, 1.82) is 0 Å². The number of carbonyl (C=O) groups is 3. The molecule has 7 nitrogen and oxygen atoms in total. The van der Waals surface area contributed by atoms with Crippen LogP contribution in [0.25, 0.3) is 0 Å². The molecule has 0 aromatic carbocycles. The fraction of sp³-hybridized carbons (Fsp3) is 0.727. The molecule has 0 bridgehead atoms. The Bertz CT molecular complexity index is 380. The Kier molecular flexibility index (Phi) is 3.51. The molecule has 3 N–H and O–H groups in total. The first-order valence-corrected chi connectivity index (χ1v) is 5.96. The molecule has 2 amide bonds. The van der Waals surface area contributed by atoms with Crippen molar-refractivity contribution >= 4 is 17.8 Å². The Morgan fingerprint density at radius 3 is 2.61 bits per heavy atom. The minimum absolute atomic E-state index is 0.0477. The van der Waals surface area contributed by atoms with Crippen molar-refractivity contribution in [3.63, 3.8) is 0 Å². The summed E-state index contributed by atoms with van der Waals surface area (Å²) in [6, 6.07) is -1.04. The van der Waals surface area contributed by atoms with Crippen molar-refractivity contribution in [3.8, 4) is 0 Å². The van der Waals surface area contributed by atoms with Crippen molar-refractivity contribution in [3.05, 3.63) is 0 Å². The maximum atomic E-state index is 11.8. The molecule has 2 atom stereocenters. The van der Waals surface area contributed by atoms with Crippen LogP contribution in [-0.4, -0.2) is 58.1 Å². The summed E-state index contributed by atoms with van der Waals surface area (Å²) in [5, 5.41) is 19.8. The molecule has 2 unspecified atom stereocenters. The molecule has 100 valence electrons. The highest BCUT2D eigenvalue weighted by Crippen LogP contribution is 2.32. The van der Waals surface area contributed by atoms with Crippen LogP contribution in [0.15, 0.2) is 0 Å². The van der Waals surface area contributed by atoms with Gasteiger partial charge in [0.15, 0.2) is 0 Å². The molecule has 1 aliphatic heterocycles. The summed E-state index contributed by atoms with van der Waals surface area (Å²) in [4.78, 5) is 35.8. The molecule has 2 aliphatic rings. The van der Waals surface area contributed by atoms with Crippen molar-refractivity contribution in [2.75, 3.05) is 13.2 Å². The molecular weight excluding hydrogens is 240 g/mol. The summed E-state index contributed by atoms with van der Waals surface area (Å²) in [6.07, 6.45) is 2.09. The van der Waals surface area contributed by atoms with Gasteiger partial charge in [0.05, 0.1) is 12.5 Å². The van der Waals surface area contributed by atoms with Gasteiger partial charge in [0, 0.05) is 19.0 Å². The number of nitrogens with zero attached hydrogens (tertiary/aromatic N) is 1.